The third-order valence-corrected chi connectivity index (χ3v) is 6.70. The summed E-state index contributed by atoms with van der Waals surface area (Å²) in [6.45, 7) is 6.97. The van der Waals surface area contributed by atoms with E-state index < -0.39 is 5.60 Å². The van der Waals surface area contributed by atoms with Gasteiger partial charge in [0, 0.05) is 13.1 Å². The normalized spacial score (nSPS) is 16.6. The molecule has 4 rings (SSSR count). The molecule has 0 aromatic heterocycles. The summed E-state index contributed by atoms with van der Waals surface area (Å²) in [6.07, 6.45) is 4.50. The van der Waals surface area contributed by atoms with Crippen molar-refractivity contribution in [2.24, 2.45) is 0 Å². The highest BCUT2D eigenvalue weighted by molar-refractivity contribution is 5.48. The Morgan fingerprint density at radius 3 is 2.71 bits per heavy atom. The van der Waals surface area contributed by atoms with Gasteiger partial charge in [0.1, 0.15) is 17.2 Å². The maximum atomic E-state index is 13.7. The molecule has 1 aliphatic rings. The third kappa shape index (κ3) is 5.62. The van der Waals surface area contributed by atoms with Crippen molar-refractivity contribution in [2.45, 2.75) is 31.5 Å². The van der Waals surface area contributed by atoms with Crippen LogP contribution in [0.25, 0.3) is 0 Å². The number of methoxy groups -OCH3 is 1. The topological polar surface area (TPSA) is 45.5 Å². The summed E-state index contributed by atoms with van der Waals surface area (Å²) in [6, 6.07) is 22.7. The predicted molar refractivity (Wildman–Crippen MR) is 136 cm³/mol. The fourth-order valence-corrected chi connectivity index (χ4v) is 4.91. The number of ether oxygens (including phenoxy) is 2. The molecule has 180 valence electrons. The van der Waals surface area contributed by atoms with Crippen molar-refractivity contribution in [1.29, 1.82) is 5.26 Å². The fraction of sp³-hybridized carbons (Fsp3) is 0.300. The molecule has 35 heavy (non-hydrogen) atoms. The van der Waals surface area contributed by atoms with Crippen molar-refractivity contribution in [3.8, 4) is 11.8 Å². The van der Waals surface area contributed by atoms with Crippen LogP contribution in [0.4, 0.5) is 4.39 Å². The molecule has 0 fully saturated rings. The van der Waals surface area contributed by atoms with Gasteiger partial charge in [0.05, 0.1) is 25.3 Å². The maximum absolute atomic E-state index is 13.7. The Labute approximate surface area is 207 Å². The van der Waals surface area contributed by atoms with Gasteiger partial charge in [-0.05, 0) is 84.5 Å². The number of hydrogen-bond acceptors (Lipinski definition) is 4. The van der Waals surface area contributed by atoms with Gasteiger partial charge in [-0.2, -0.15) is 5.26 Å². The van der Waals surface area contributed by atoms with Crippen LogP contribution in [0.5, 0.6) is 5.75 Å². The average molecular weight is 471 g/mol. The molecule has 3 aromatic carbocycles. The molecule has 1 unspecified atom stereocenters. The van der Waals surface area contributed by atoms with E-state index in [9.17, 15) is 9.65 Å². The molecular formula is C30H31FN2O2. The van der Waals surface area contributed by atoms with Crippen LogP contribution in [-0.2, 0) is 23.4 Å². The van der Waals surface area contributed by atoms with Gasteiger partial charge in [0.25, 0.3) is 0 Å². The van der Waals surface area contributed by atoms with Crippen molar-refractivity contribution < 1.29 is 13.9 Å². The van der Waals surface area contributed by atoms with Crippen LogP contribution < -0.4 is 4.74 Å². The predicted octanol–water partition coefficient (Wildman–Crippen LogP) is 5.99. The van der Waals surface area contributed by atoms with Crippen molar-refractivity contribution in [3.63, 3.8) is 0 Å². The molecule has 0 amide bonds. The molecule has 0 saturated carbocycles. The van der Waals surface area contributed by atoms with E-state index in [-0.39, 0.29) is 5.82 Å². The molecule has 1 heterocycles. The lowest BCUT2D eigenvalue weighted by molar-refractivity contribution is -0.0144. The quantitative estimate of drug-likeness (QED) is 0.323. The molecule has 0 spiro atoms. The average Bonchev–Trinajstić information content (AvgIpc) is 3.26. The summed E-state index contributed by atoms with van der Waals surface area (Å²) in [7, 11) is 1.68. The lowest BCUT2D eigenvalue weighted by Crippen LogP contribution is -2.31. The van der Waals surface area contributed by atoms with Gasteiger partial charge in [0.15, 0.2) is 0 Å². The zero-order chi connectivity index (χ0) is 24.7. The van der Waals surface area contributed by atoms with Gasteiger partial charge in [0.2, 0.25) is 0 Å². The summed E-state index contributed by atoms with van der Waals surface area (Å²) in [4.78, 5) is 2.39. The molecule has 0 aliphatic carbocycles. The highest BCUT2D eigenvalue weighted by Crippen LogP contribution is 2.45. The number of hydrogen-bond donors (Lipinski definition) is 0. The molecule has 4 nitrogen and oxygen atoms in total. The first kappa shape index (κ1) is 24.7. The van der Waals surface area contributed by atoms with E-state index in [0.717, 1.165) is 61.3 Å². The second-order valence-corrected chi connectivity index (χ2v) is 8.90. The number of benzene rings is 3. The minimum absolute atomic E-state index is 0.267. The van der Waals surface area contributed by atoms with E-state index in [4.69, 9.17) is 9.47 Å². The second kappa shape index (κ2) is 11.3. The molecular weight excluding hydrogens is 439 g/mol. The molecule has 0 radical (unpaired) electrons. The summed E-state index contributed by atoms with van der Waals surface area (Å²) in [5, 5.41) is 9.31. The zero-order valence-electron chi connectivity index (χ0n) is 20.2. The largest absolute Gasteiger partial charge is 0.497 e. The van der Waals surface area contributed by atoms with E-state index in [0.29, 0.717) is 12.2 Å². The monoisotopic (exact) mass is 470 g/mol. The van der Waals surface area contributed by atoms with Crippen LogP contribution in [0.15, 0.2) is 79.4 Å². The molecule has 1 aliphatic heterocycles. The standard InChI is InChI=1S/C30H31FN2O2/c1-3-16-33(18-14-23-6-4-7-28(20-23)34-2)17-5-15-30(26-9-11-27(31)12-10-26)29-13-8-24(21-32)19-25(29)22-35-30/h3-4,6-13,19-20H,1,5,14-18,22H2,2H3. The molecule has 0 saturated heterocycles. The first-order valence-corrected chi connectivity index (χ1v) is 12.0. The number of rotatable bonds is 11. The first-order chi connectivity index (χ1) is 17.1. The van der Waals surface area contributed by atoms with Gasteiger partial charge in [-0.25, -0.2) is 4.39 Å². The Morgan fingerprint density at radius 2 is 1.97 bits per heavy atom. The van der Waals surface area contributed by atoms with Crippen molar-refractivity contribution in [2.75, 3.05) is 26.7 Å². The van der Waals surface area contributed by atoms with Crippen molar-refractivity contribution in [1.82, 2.24) is 4.90 Å². The van der Waals surface area contributed by atoms with Crippen LogP contribution in [0.1, 0.15) is 40.7 Å². The Bertz CT molecular complexity index is 1200. The number of halogens is 1. The number of fused-ring (bicyclic) bond motifs is 1. The van der Waals surface area contributed by atoms with E-state index in [1.54, 1.807) is 7.11 Å². The molecule has 3 aromatic rings. The highest BCUT2D eigenvalue weighted by atomic mass is 19.1. The van der Waals surface area contributed by atoms with Crippen molar-refractivity contribution in [3.05, 3.63) is 113 Å². The Morgan fingerprint density at radius 1 is 1.14 bits per heavy atom. The molecule has 5 heteroatoms. The highest BCUT2D eigenvalue weighted by Gasteiger charge is 2.41. The minimum atomic E-state index is -0.649. The Kier molecular flexibility index (Phi) is 7.97. The van der Waals surface area contributed by atoms with Crippen LogP contribution >= 0.6 is 0 Å². The summed E-state index contributed by atoms with van der Waals surface area (Å²) < 4.78 is 25.5. The summed E-state index contributed by atoms with van der Waals surface area (Å²) in [5.41, 5.74) is 4.24. The molecule has 0 bridgehead atoms. The summed E-state index contributed by atoms with van der Waals surface area (Å²) in [5.74, 6) is 0.604. The summed E-state index contributed by atoms with van der Waals surface area (Å²) >= 11 is 0. The van der Waals surface area contributed by atoms with E-state index in [2.05, 4.69) is 29.7 Å². The van der Waals surface area contributed by atoms with Crippen LogP contribution in [0.2, 0.25) is 0 Å². The maximum Gasteiger partial charge on any atom is 0.123 e. The Balaban J connectivity index is 1.49. The SMILES string of the molecule is C=CCN(CCCC1(c2ccc(F)cc2)OCc2cc(C#N)ccc21)CCc1cccc(OC)c1. The number of nitrogens with zero attached hydrogens (tertiary/aromatic N) is 2. The van der Waals surface area contributed by atoms with Crippen LogP contribution in [-0.4, -0.2) is 31.6 Å². The lowest BCUT2D eigenvalue weighted by atomic mass is 9.81. The van der Waals surface area contributed by atoms with Crippen molar-refractivity contribution >= 4 is 0 Å². The van der Waals surface area contributed by atoms with Gasteiger partial charge < -0.3 is 9.47 Å². The molecule has 0 N–H and O–H groups in total. The first-order valence-electron chi connectivity index (χ1n) is 12.0. The smallest absolute Gasteiger partial charge is 0.123 e. The second-order valence-electron chi connectivity index (χ2n) is 8.90. The van der Waals surface area contributed by atoms with Gasteiger partial charge in [-0.1, -0.05) is 36.4 Å². The van der Waals surface area contributed by atoms with Crippen LogP contribution in [0, 0.1) is 17.1 Å². The zero-order valence-corrected chi connectivity index (χ0v) is 20.2. The van der Waals surface area contributed by atoms with Gasteiger partial charge in [-0.15, -0.1) is 6.58 Å². The lowest BCUT2D eigenvalue weighted by Gasteiger charge is -2.32. The fourth-order valence-electron chi connectivity index (χ4n) is 4.91. The minimum Gasteiger partial charge on any atom is -0.497 e. The molecule has 1 atom stereocenters. The van der Waals surface area contributed by atoms with Gasteiger partial charge in [-0.3, -0.25) is 4.90 Å². The van der Waals surface area contributed by atoms with Crippen LogP contribution in [0.3, 0.4) is 0 Å². The van der Waals surface area contributed by atoms with E-state index in [1.807, 2.05) is 48.5 Å². The van der Waals surface area contributed by atoms with E-state index >= 15 is 0 Å². The van der Waals surface area contributed by atoms with E-state index in [1.165, 1.54) is 17.7 Å². The van der Waals surface area contributed by atoms with Gasteiger partial charge >= 0.3 is 0 Å². The number of nitriles is 1. The Hall–Kier alpha value is -3.46. The third-order valence-electron chi connectivity index (χ3n) is 6.70.